The maximum atomic E-state index is 12.5. The number of fused-ring (bicyclic) bond motifs is 1. The fraction of sp³-hybridized carbons (Fsp3) is 0.312. The molecular weight excluding hydrogens is 330 g/mol. The van der Waals surface area contributed by atoms with E-state index in [9.17, 15) is 13.2 Å². The third kappa shape index (κ3) is 2.67. The molecular formula is C16H19N3O4S. The minimum Gasteiger partial charge on any atom is -0.408 e. The molecule has 0 radical (unpaired) electrons. The van der Waals surface area contributed by atoms with Gasteiger partial charge in [-0.25, -0.2) is 17.9 Å². The first-order chi connectivity index (χ1) is 11.2. The second kappa shape index (κ2) is 5.64. The number of oxazole rings is 1. The highest BCUT2D eigenvalue weighted by Gasteiger charge is 2.18. The summed E-state index contributed by atoms with van der Waals surface area (Å²) in [5.74, 6) is -0.525. The van der Waals surface area contributed by atoms with Gasteiger partial charge in [-0.05, 0) is 37.6 Å². The molecule has 7 nitrogen and oxygen atoms in total. The van der Waals surface area contributed by atoms with Crippen LogP contribution in [0, 0.1) is 13.8 Å². The summed E-state index contributed by atoms with van der Waals surface area (Å²) in [6, 6.07) is 6.34. The van der Waals surface area contributed by atoms with Crippen molar-refractivity contribution in [1.82, 2.24) is 13.9 Å². The van der Waals surface area contributed by atoms with E-state index < -0.39 is 15.8 Å². The van der Waals surface area contributed by atoms with E-state index in [1.165, 1.54) is 16.7 Å². The van der Waals surface area contributed by atoms with E-state index in [1.54, 1.807) is 13.1 Å². The van der Waals surface area contributed by atoms with Crippen molar-refractivity contribution in [3.63, 3.8) is 0 Å². The summed E-state index contributed by atoms with van der Waals surface area (Å²) in [6.07, 6.45) is 0. The summed E-state index contributed by atoms with van der Waals surface area (Å²) in [6.45, 7) is 4.12. The molecule has 2 aromatic heterocycles. The van der Waals surface area contributed by atoms with Gasteiger partial charge in [-0.3, -0.25) is 4.57 Å². The summed E-state index contributed by atoms with van der Waals surface area (Å²) in [5, 5.41) is 0. The van der Waals surface area contributed by atoms with Gasteiger partial charge < -0.3 is 8.98 Å². The van der Waals surface area contributed by atoms with Gasteiger partial charge in [-0.2, -0.15) is 0 Å². The van der Waals surface area contributed by atoms with Crippen molar-refractivity contribution >= 4 is 21.1 Å². The molecule has 0 aliphatic rings. The topological polar surface area (TPSA) is 86.2 Å². The Morgan fingerprint density at radius 1 is 1.12 bits per heavy atom. The summed E-state index contributed by atoms with van der Waals surface area (Å²) >= 11 is 0. The van der Waals surface area contributed by atoms with Crippen molar-refractivity contribution in [3.8, 4) is 0 Å². The van der Waals surface area contributed by atoms with Crippen molar-refractivity contribution < 1.29 is 12.8 Å². The van der Waals surface area contributed by atoms with Crippen LogP contribution in [0.3, 0.4) is 0 Å². The first-order valence-electron chi connectivity index (χ1n) is 7.42. The molecule has 0 spiro atoms. The number of aryl methyl sites for hydroxylation is 2. The van der Waals surface area contributed by atoms with E-state index in [-0.39, 0.29) is 17.0 Å². The average Bonchev–Trinajstić information content (AvgIpc) is 2.96. The maximum Gasteiger partial charge on any atom is 0.419 e. The van der Waals surface area contributed by atoms with Crippen molar-refractivity contribution in [2.45, 2.75) is 25.3 Å². The number of hydrogen-bond donors (Lipinski definition) is 1. The van der Waals surface area contributed by atoms with E-state index in [4.69, 9.17) is 4.42 Å². The summed E-state index contributed by atoms with van der Waals surface area (Å²) in [7, 11) is -0.195. The van der Waals surface area contributed by atoms with Gasteiger partial charge in [-0.1, -0.05) is 0 Å². The zero-order chi connectivity index (χ0) is 17.6. The normalized spacial score (nSPS) is 12.2. The van der Waals surface area contributed by atoms with Gasteiger partial charge in [0.25, 0.3) is 0 Å². The standard InChI is InChI=1S/C16H19N3O4S/c1-10-7-12(11(2)18(10)3)9-17-24(21,22)13-5-6-14-15(8-13)23-16(20)19(14)4/h5-8,17H,9H2,1-4H3. The summed E-state index contributed by atoms with van der Waals surface area (Å²) in [5.41, 5.74) is 3.80. The highest BCUT2D eigenvalue weighted by Crippen LogP contribution is 2.19. The lowest BCUT2D eigenvalue weighted by Crippen LogP contribution is -2.23. The molecule has 0 unspecified atom stereocenters. The van der Waals surface area contributed by atoms with Crippen molar-refractivity contribution in [2.24, 2.45) is 14.1 Å². The molecule has 0 atom stereocenters. The van der Waals surface area contributed by atoms with Crippen molar-refractivity contribution in [1.29, 1.82) is 0 Å². The minimum atomic E-state index is -3.70. The lowest BCUT2D eigenvalue weighted by molar-refractivity contribution is 0.527. The van der Waals surface area contributed by atoms with Gasteiger partial charge >= 0.3 is 5.76 Å². The lowest BCUT2D eigenvalue weighted by Gasteiger charge is -2.07. The van der Waals surface area contributed by atoms with Gasteiger partial charge in [0.1, 0.15) is 0 Å². The van der Waals surface area contributed by atoms with Gasteiger partial charge in [0, 0.05) is 38.1 Å². The molecule has 24 heavy (non-hydrogen) atoms. The van der Waals surface area contributed by atoms with Gasteiger partial charge in [0.15, 0.2) is 5.58 Å². The van der Waals surface area contributed by atoms with Crippen LogP contribution in [0.2, 0.25) is 0 Å². The highest BCUT2D eigenvalue weighted by molar-refractivity contribution is 7.89. The lowest BCUT2D eigenvalue weighted by atomic mass is 10.2. The molecule has 1 aromatic carbocycles. The fourth-order valence-electron chi connectivity index (χ4n) is 2.65. The van der Waals surface area contributed by atoms with Crippen LogP contribution in [0.5, 0.6) is 0 Å². The molecule has 8 heteroatoms. The molecule has 0 fully saturated rings. The van der Waals surface area contributed by atoms with Gasteiger partial charge in [-0.15, -0.1) is 0 Å². The number of nitrogens with one attached hydrogen (secondary N) is 1. The molecule has 0 saturated heterocycles. The van der Waals surface area contributed by atoms with E-state index >= 15 is 0 Å². The zero-order valence-electron chi connectivity index (χ0n) is 14.0. The molecule has 128 valence electrons. The van der Waals surface area contributed by atoms with Crippen LogP contribution in [0.25, 0.3) is 11.1 Å². The smallest absolute Gasteiger partial charge is 0.408 e. The predicted molar refractivity (Wildman–Crippen MR) is 90.4 cm³/mol. The second-order valence-electron chi connectivity index (χ2n) is 5.84. The quantitative estimate of drug-likeness (QED) is 0.774. The molecule has 0 bridgehead atoms. The molecule has 3 rings (SSSR count). The van der Waals surface area contributed by atoms with Crippen molar-refractivity contribution in [3.05, 3.63) is 51.8 Å². The number of sulfonamides is 1. The molecule has 1 N–H and O–H groups in total. The Bertz CT molecular complexity index is 1090. The Hall–Kier alpha value is -2.32. The van der Waals surface area contributed by atoms with Crippen LogP contribution in [-0.2, 0) is 30.7 Å². The Morgan fingerprint density at radius 2 is 1.83 bits per heavy atom. The van der Waals surface area contributed by atoms with Crippen LogP contribution in [0.1, 0.15) is 17.0 Å². The Balaban J connectivity index is 1.90. The molecule has 2 heterocycles. The number of rotatable bonds is 4. The largest absolute Gasteiger partial charge is 0.419 e. The third-order valence-electron chi connectivity index (χ3n) is 4.41. The molecule has 0 aliphatic heterocycles. The number of nitrogens with zero attached hydrogens (tertiary/aromatic N) is 2. The van der Waals surface area contributed by atoms with E-state index in [0.717, 1.165) is 17.0 Å². The minimum absolute atomic E-state index is 0.0645. The molecule has 3 aromatic rings. The molecule has 0 amide bonds. The van der Waals surface area contributed by atoms with Crippen LogP contribution in [0.15, 0.2) is 38.4 Å². The zero-order valence-corrected chi connectivity index (χ0v) is 14.8. The molecule has 0 aliphatic carbocycles. The van der Waals surface area contributed by atoms with Gasteiger partial charge in [0.2, 0.25) is 10.0 Å². The SMILES string of the molecule is Cc1cc(CNS(=O)(=O)c2ccc3c(c2)oc(=O)n3C)c(C)n1C. The summed E-state index contributed by atoms with van der Waals surface area (Å²) < 4.78 is 36.0. The summed E-state index contributed by atoms with van der Waals surface area (Å²) in [4.78, 5) is 11.6. The van der Waals surface area contributed by atoms with Crippen molar-refractivity contribution in [2.75, 3.05) is 0 Å². The van der Waals surface area contributed by atoms with Gasteiger partial charge in [0.05, 0.1) is 10.4 Å². The van der Waals surface area contributed by atoms with E-state index in [1.807, 2.05) is 31.5 Å². The molecule has 0 saturated carbocycles. The van der Waals surface area contributed by atoms with Crippen LogP contribution >= 0.6 is 0 Å². The van der Waals surface area contributed by atoms with Crippen LogP contribution < -0.4 is 10.5 Å². The second-order valence-corrected chi connectivity index (χ2v) is 7.60. The average molecular weight is 349 g/mol. The maximum absolute atomic E-state index is 12.5. The Morgan fingerprint density at radius 3 is 2.46 bits per heavy atom. The first-order valence-corrected chi connectivity index (χ1v) is 8.90. The number of aromatic nitrogens is 2. The van der Waals surface area contributed by atoms with Crippen LogP contribution in [-0.4, -0.2) is 17.6 Å². The Labute approximate surface area is 139 Å². The van der Waals surface area contributed by atoms with E-state index in [0.29, 0.717) is 5.52 Å². The first kappa shape index (κ1) is 16.5. The monoisotopic (exact) mass is 349 g/mol. The van der Waals surface area contributed by atoms with E-state index in [2.05, 4.69) is 4.72 Å². The number of hydrogen-bond acceptors (Lipinski definition) is 4. The highest BCUT2D eigenvalue weighted by atomic mass is 32.2. The number of benzene rings is 1. The predicted octanol–water partition coefficient (Wildman–Crippen LogP) is 1.57. The Kier molecular flexibility index (Phi) is 3.89. The van der Waals surface area contributed by atoms with Crippen LogP contribution in [0.4, 0.5) is 0 Å². The third-order valence-corrected chi connectivity index (χ3v) is 5.81. The fourth-order valence-corrected chi connectivity index (χ4v) is 3.67.